The molecule has 0 aliphatic heterocycles. The summed E-state index contributed by atoms with van der Waals surface area (Å²) >= 11 is 0. The van der Waals surface area contributed by atoms with Crippen molar-refractivity contribution in [2.24, 2.45) is 5.92 Å². The molecule has 1 aromatic carbocycles. The number of rotatable bonds is 4. The Labute approximate surface area is 110 Å². The molecule has 19 heavy (non-hydrogen) atoms. The van der Waals surface area contributed by atoms with Crippen molar-refractivity contribution in [1.29, 1.82) is 0 Å². The van der Waals surface area contributed by atoms with Gasteiger partial charge in [0.15, 0.2) is 0 Å². The molecule has 1 aliphatic carbocycles. The predicted octanol–water partition coefficient (Wildman–Crippen LogP) is 4.30. The van der Waals surface area contributed by atoms with Crippen LogP contribution in [0.4, 0.5) is 17.6 Å². The molecule has 1 aromatic rings. The van der Waals surface area contributed by atoms with Gasteiger partial charge < -0.3 is 5.32 Å². The molecule has 0 radical (unpaired) electrons. The van der Waals surface area contributed by atoms with Crippen LogP contribution in [0.2, 0.25) is 0 Å². The van der Waals surface area contributed by atoms with Crippen LogP contribution in [0.15, 0.2) is 18.2 Å². The Morgan fingerprint density at radius 2 is 2.00 bits per heavy atom. The SMILES string of the molecule is CNC(CC1CCC1)c1cccc(C(F)(F)F)c1F. The second kappa shape index (κ2) is 5.49. The van der Waals surface area contributed by atoms with Gasteiger partial charge in [-0.2, -0.15) is 13.2 Å². The first-order valence-electron chi connectivity index (χ1n) is 6.46. The topological polar surface area (TPSA) is 12.0 Å². The highest BCUT2D eigenvalue weighted by atomic mass is 19.4. The van der Waals surface area contributed by atoms with E-state index in [2.05, 4.69) is 5.32 Å². The lowest BCUT2D eigenvalue weighted by Crippen LogP contribution is -2.25. The lowest BCUT2D eigenvalue weighted by Gasteiger charge is -2.30. The Bertz CT molecular complexity index is 438. The average Bonchev–Trinajstić information content (AvgIpc) is 2.28. The molecule has 1 unspecified atom stereocenters. The van der Waals surface area contributed by atoms with E-state index in [9.17, 15) is 17.6 Å². The predicted molar refractivity (Wildman–Crippen MR) is 65.2 cm³/mol. The van der Waals surface area contributed by atoms with Gasteiger partial charge in [0.25, 0.3) is 0 Å². The van der Waals surface area contributed by atoms with Gasteiger partial charge in [-0.3, -0.25) is 0 Å². The van der Waals surface area contributed by atoms with E-state index in [4.69, 9.17) is 0 Å². The first-order valence-corrected chi connectivity index (χ1v) is 6.46. The van der Waals surface area contributed by atoms with E-state index in [1.54, 1.807) is 7.05 Å². The van der Waals surface area contributed by atoms with Gasteiger partial charge in [-0.25, -0.2) is 4.39 Å². The normalized spacial score (nSPS) is 18.2. The molecule has 106 valence electrons. The number of alkyl halides is 3. The van der Waals surface area contributed by atoms with Crippen molar-refractivity contribution in [3.8, 4) is 0 Å². The largest absolute Gasteiger partial charge is 0.419 e. The Balaban J connectivity index is 2.26. The van der Waals surface area contributed by atoms with Gasteiger partial charge >= 0.3 is 6.18 Å². The van der Waals surface area contributed by atoms with Crippen molar-refractivity contribution in [3.05, 3.63) is 35.1 Å². The molecule has 0 saturated heterocycles. The van der Waals surface area contributed by atoms with Crippen LogP contribution in [-0.4, -0.2) is 7.05 Å². The molecular formula is C14H17F4N. The third-order valence-corrected chi connectivity index (χ3v) is 3.85. The number of benzene rings is 1. The van der Waals surface area contributed by atoms with Gasteiger partial charge in [-0.1, -0.05) is 31.4 Å². The molecule has 0 aromatic heterocycles. The second-order valence-corrected chi connectivity index (χ2v) is 5.08. The van der Waals surface area contributed by atoms with Crippen molar-refractivity contribution in [2.45, 2.75) is 37.9 Å². The maximum atomic E-state index is 14.0. The maximum Gasteiger partial charge on any atom is 0.419 e. The lowest BCUT2D eigenvalue weighted by molar-refractivity contribution is -0.140. The number of hydrogen-bond acceptors (Lipinski definition) is 1. The van der Waals surface area contributed by atoms with E-state index in [0.717, 1.165) is 25.3 Å². The van der Waals surface area contributed by atoms with Crippen LogP contribution >= 0.6 is 0 Å². The number of halogens is 4. The van der Waals surface area contributed by atoms with Crippen molar-refractivity contribution in [3.63, 3.8) is 0 Å². The molecule has 1 saturated carbocycles. The molecule has 1 aliphatic rings. The van der Waals surface area contributed by atoms with Gasteiger partial charge in [0.2, 0.25) is 0 Å². The van der Waals surface area contributed by atoms with Gasteiger partial charge in [0, 0.05) is 11.6 Å². The summed E-state index contributed by atoms with van der Waals surface area (Å²) < 4.78 is 52.0. The standard InChI is InChI=1S/C14H17F4N/c1-19-12(8-9-4-2-5-9)10-6-3-7-11(13(10)15)14(16,17)18/h3,6-7,9,12,19H,2,4-5,8H2,1H3. The quantitative estimate of drug-likeness (QED) is 0.808. The number of hydrogen-bond donors (Lipinski definition) is 1. The summed E-state index contributed by atoms with van der Waals surface area (Å²) in [5.41, 5.74) is -1.07. The summed E-state index contributed by atoms with van der Waals surface area (Å²) in [7, 11) is 1.66. The molecule has 1 atom stereocenters. The molecule has 0 bridgehead atoms. The molecule has 0 heterocycles. The van der Waals surface area contributed by atoms with E-state index in [1.165, 1.54) is 12.1 Å². The molecule has 0 amide bonds. The highest BCUT2D eigenvalue weighted by molar-refractivity contribution is 5.30. The van der Waals surface area contributed by atoms with Crippen LogP contribution < -0.4 is 5.32 Å². The summed E-state index contributed by atoms with van der Waals surface area (Å²) in [4.78, 5) is 0. The van der Waals surface area contributed by atoms with Crippen molar-refractivity contribution in [2.75, 3.05) is 7.05 Å². The van der Waals surface area contributed by atoms with E-state index in [0.29, 0.717) is 12.3 Å². The molecule has 0 spiro atoms. The first-order chi connectivity index (χ1) is 8.93. The lowest BCUT2D eigenvalue weighted by atomic mass is 9.79. The molecule has 1 nitrogen and oxygen atoms in total. The monoisotopic (exact) mass is 275 g/mol. The third-order valence-electron chi connectivity index (χ3n) is 3.85. The molecule has 2 rings (SSSR count). The summed E-state index contributed by atoms with van der Waals surface area (Å²) in [5.74, 6) is -0.653. The van der Waals surface area contributed by atoms with Crippen LogP contribution in [0.1, 0.15) is 42.9 Å². The molecule has 5 heteroatoms. The van der Waals surface area contributed by atoms with Crippen molar-refractivity contribution in [1.82, 2.24) is 5.32 Å². The van der Waals surface area contributed by atoms with E-state index >= 15 is 0 Å². The van der Waals surface area contributed by atoms with Crippen LogP contribution in [0.5, 0.6) is 0 Å². The minimum atomic E-state index is -4.64. The Morgan fingerprint density at radius 3 is 2.47 bits per heavy atom. The summed E-state index contributed by atoms with van der Waals surface area (Å²) in [6, 6.07) is 3.14. The van der Waals surface area contributed by atoms with E-state index in [1.807, 2.05) is 0 Å². The summed E-state index contributed by atoms with van der Waals surface area (Å²) in [5, 5.41) is 2.93. The fourth-order valence-corrected chi connectivity index (χ4v) is 2.50. The van der Waals surface area contributed by atoms with Gasteiger partial charge in [-0.05, 0) is 25.5 Å². The highest BCUT2D eigenvalue weighted by Crippen LogP contribution is 2.38. The Kier molecular flexibility index (Phi) is 4.13. The van der Waals surface area contributed by atoms with E-state index in [-0.39, 0.29) is 11.6 Å². The van der Waals surface area contributed by atoms with E-state index < -0.39 is 17.6 Å². The van der Waals surface area contributed by atoms with Crippen LogP contribution in [0, 0.1) is 11.7 Å². The minimum absolute atomic E-state index is 0.115. The highest BCUT2D eigenvalue weighted by Gasteiger charge is 2.36. The summed E-state index contributed by atoms with van der Waals surface area (Å²) in [6.45, 7) is 0. The maximum absolute atomic E-state index is 14.0. The van der Waals surface area contributed by atoms with Crippen LogP contribution in [0.3, 0.4) is 0 Å². The van der Waals surface area contributed by atoms with Crippen molar-refractivity contribution >= 4 is 0 Å². The van der Waals surface area contributed by atoms with Crippen molar-refractivity contribution < 1.29 is 17.6 Å². The fourth-order valence-electron chi connectivity index (χ4n) is 2.50. The zero-order valence-corrected chi connectivity index (χ0v) is 10.7. The zero-order valence-electron chi connectivity index (χ0n) is 10.7. The summed E-state index contributed by atoms with van der Waals surface area (Å²) in [6.07, 6.45) is -0.632. The van der Waals surface area contributed by atoms with Crippen LogP contribution in [0.25, 0.3) is 0 Å². The zero-order chi connectivity index (χ0) is 14.0. The van der Waals surface area contributed by atoms with Crippen LogP contribution in [-0.2, 0) is 6.18 Å². The minimum Gasteiger partial charge on any atom is -0.313 e. The fraction of sp³-hybridized carbons (Fsp3) is 0.571. The van der Waals surface area contributed by atoms with Gasteiger partial charge in [-0.15, -0.1) is 0 Å². The van der Waals surface area contributed by atoms with Gasteiger partial charge in [0.1, 0.15) is 5.82 Å². The average molecular weight is 275 g/mol. The Hall–Kier alpha value is -1.10. The first kappa shape index (κ1) is 14.3. The molecule has 1 N–H and O–H groups in total. The Morgan fingerprint density at radius 1 is 1.32 bits per heavy atom. The smallest absolute Gasteiger partial charge is 0.313 e. The number of nitrogens with one attached hydrogen (secondary N) is 1. The van der Waals surface area contributed by atoms with Gasteiger partial charge in [0.05, 0.1) is 5.56 Å². The second-order valence-electron chi connectivity index (χ2n) is 5.08. The molecular weight excluding hydrogens is 258 g/mol. The molecule has 1 fully saturated rings. The third kappa shape index (κ3) is 3.08.